The van der Waals surface area contributed by atoms with Crippen LogP contribution < -0.4 is 10.5 Å². The summed E-state index contributed by atoms with van der Waals surface area (Å²) in [4.78, 5) is 0. The Kier molecular flexibility index (Phi) is 9.05. The van der Waals surface area contributed by atoms with Gasteiger partial charge in [0.25, 0.3) is 0 Å². The van der Waals surface area contributed by atoms with Crippen molar-refractivity contribution in [2.24, 2.45) is 5.73 Å². The zero-order valence-corrected chi connectivity index (χ0v) is 14.4. The molecule has 2 aromatic carbocycles. The van der Waals surface area contributed by atoms with E-state index in [0.717, 1.165) is 37.4 Å². The van der Waals surface area contributed by atoms with Gasteiger partial charge in [-0.1, -0.05) is 42.5 Å². The maximum Gasteiger partial charge on any atom is 0.119 e. The lowest BCUT2D eigenvalue weighted by Crippen LogP contribution is -2.21. The minimum atomic E-state index is 0. The molecule has 0 unspecified atom stereocenters. The smallest absolute Gasteiger partial charge is 0.119 e. The molecule has 0 bridgehead atoms. The maximum absolute atomic E-state index is 5.82. The number of halogens is 1. The minimum Gasteiger partial charge on any atom is -0.494 e. The lowest BCUT2D eigenvalue weighted by Gasteiger charge is -2.09. The first kappa shape index (κ1) is 18.9. The fourth-order valence-corrected chi connectivity index (χ4v) is 2.35. The molecule has 0 radical (unpaired) electrons. The molecule has 1 atom stereocenters. The second-order valence-electron chi connectivity index (χ2n) is 5.18. The number of unbranched alkanes of at least 4 members (excludes halogenated alkanes) is 1. The maximum atomic E-state index is 5.82. The number of nitrogens with two attached hydrogens (primary N) is 1. The van der Waals surface area contributed by atoms with Gasteiger partial charge in [-0.25, -0.2) is 0 Å². The van der Waals surface area contributed by atoms with Crippen molar-refractivity contribution >= 4 is 25.0 Å². The van der Waals surface area contributed by atoms with E-state index >= 15 is 0 Å². The first-order chi connectivity index (χ1) is 10.3. The van der Waals surface area contributed by atoms with Gasteiger partial charge in [0.1, 0.15) is 5.75 Å². The summed E-state index contributed by atoms with van der Waals surface area (Å²) in [5, 5.41) is 0. The third kappa shape index (κ3) is 6.30. The molecule has 2 aromatic rings. The molecule has 0 heterocycles. The van der Waals surface area contributed by atoms with Gasteiger partial charge in [0.05, 0.1) is 6.61 Å². The van der Waals surface area contributed by atoms with Crippen molar-refractivity contribution in [1.29, 1.82) is 0 Å². The molecule has 2 nitrogen and oxygen atoms in total. The van der Waals surface area contributed by atoms with Crippen LogP contribution in [0.3, 0.4) is 0 Å². The topological polar surface area (TPSA) is 35.2 Å². The molecule has 0 saturated carbocycles. The monoisotopic (exact) mass is 337 g/mol. The number of thiol groups is 1. The lowest BCUT2D eigenvalue weighted by molar-refractivity contribution is 0.304. The Bertz CT molecular complexity index is 518. The fourth-order valence-electron chi connectivity index (χ4n) is 2.16. The predicted octanol–water partition coefficient (Wildman–Crippen LogP) is 4.58. The largest absolute Gasteiger partial charge is 0.494 e. The third-order valence-electron chi connectivity index (χ3n) is 3.43. The summed E-state index contributed by atoms with van der Waals surface area (Å²) in [5.74, 6) is 1.68. The van der Waals surface area contributed by atoms with E-state index in [0.29, 0.717) is 0 Å². The zero-order valence-electron chi connectivity index (χ0n) is 12.7. The van der Waals surface area contributed by atoms with Crippen molar-refractivity contribution in [2.75, 3.05) is 12.4 Å². The molecular formula is C18H24ClNOS. The molecule has 0 fully saturated rings. The van der Waals surface area contributed by atoms with Crippen molar-refractivity contribution < 1.29 is 4.74 Å². The Morgan fingerprint density at radius 2 is 1.55 bits per heavy atom. The Balaban J connectivity index is 0.00000242. The molecule has 2 N–H and O–H groups in total. The van der Waals surface area contributed by atoms with Gasteiger partial charge in [0, 0.05) is 11.8 Å². The second kappa shape index (κ2) is 10.5. The molecule has 0 aromatic heterocycles. The molecule has 4 heteroatoms. The van der Waals surface area contributed by atoms with E-state index < -0.39 is 0 Å². The van der Waals surface area contributed by atoms with Gasteiger partial charge in [0.15, 0.2) is 0 Å². The third-order valence-corrected chi connectivity index (χ3v) is 3.90. The van der Waals surface area contributed by atoms with Crippen molar-refractivity contribution in [3.8, 4) is 16.9 Å². The zero-order chi connectivity index (χ0) is 14.9. The Hall–Kier alpha value is -1.16. The average Bonchev–Trinajstić information content (AvgIpc) is 2.55. The van der Waals surface area contributed by atoms with Crippen LogP contribution in [0.5, 0.6) is 5.75 Å². The predicted molar refractivity (Wildman–Crippen MR) is 100 cm³/mol. The number of hydrogen-bond acceptors (Lipinski definition) is 3. The SMILES string of the molecule is Cl.N[C@@H](CS)CCCCOc1ccc(-c2ccccc2)cc1. The van der Waals surface area contributed by atoms with Crippen LogP contribution in [0.25, 0.3) is 11.1 Å². The van der Waals surface area contributed by atoms with Crippen molar-refractivity contribution in [1.82, 2.24) is 0 Å². The van der Waals surface area contributed by atoms with Gasteiger partial charge in [-0.05, 0) is 42.5 Å². The van der Waals surface area contributed by atoms with Gasteiger partial charge in [0.2, 0.25) is 0 Å². The number of ether oxygens (including phenoxy) is 1. The highest BCUT2D eigenvalue weighted by Gasteiger charge is 2.00. The van der Waals surface area contributed by atoms with E-state index in [2.05, 4.69) is 49.0 Å². The molecule has 0 amide bonds. The molecule has 0 aliphatic heterocycles. The van der Waals surface area contributed by atoms with Gasteiger partial charge in [-0.15, -0.1) is 12.4 Å². The van der Waals surface area contributed by atoms with Crippen LogP contribution in [0.4, 0.5) is 0 Å². The normalized spacial score (nSPS) is 11.5. The van der Waals surface area contributed by atoms with Crippen LogP contribution in [-0.2, 0) is 0 Å². The summed E-state index contributed by atoms with van der Waals surface area (Å²) in [5.41, 5.74) is 8.26. The summed E-state index contributed by atoms with van der Waals surface area (Å²) in [7, 11) is 0. The lowest BCUT2D eigenvalue weighted by atomic mass is 10.1. The summed E-state index contributed by atoms with van der Waals surface area (Å²) < 4.78 is 5.75. The van der Waals surface area contributed by atoms with E-state index in [-0.39, 0.29) is 18.4 Å². The van der Waals surface area contributed by atoms with E-state index in [9.17, 15) is 0 Å². The van der Waals surface area contributed by atoms with Crippen molar-refractivity contribution in [2.45, 2.75) is 25.3 Å². The van der Waals surface area contributed by atoms with E-state index in [1.165, 1.54) is 11.1 Å². The molecule has 0 spiro atoms. The van der Waals surface area contributed by atoms with Crippen LogP contribution in [0.1, 0.15) is 19.3 Å². The summed E-state index contributed by atoms with van der Waals surface area (Å²) >= 11 is 4.18. The highest BCUT2D eigenvalue weighted by Crippen LogP contribution is 2.22. The second-order valence-corrected chi connectivity index (χ2v) is 5.54. The standard InChI is InChI=1S/C18H23NOS.ClH/c19-17(14-21)8-4-5-13-20-18-11-9-16(10-12-18)15-6-2-1-3-7-15;/h1-3,6-7,9-12,17,21H,4-5,8,13-14,19H2;1H/t17-;/m1./s1. The first-order valence-corrected chi connectivity index (χ1v) is 8.07. The highest BCUT2D eigenvalue weighted by atomic mass is 35.5. The molecule has 120 valence electrons. The molecule has 0 aliphatic carbocycles. The Morgan fingerprint density at radius 3 is 2.18 bits per heavy atom. The molecule has 22 heavy (non-hydrogen) atoms. The first-order valence-electron chi connectivity index (χ1n) is 7.44. The van der Waals surface area contributed by atoms with Crippen molar-refractivity contribution in [3.63, 3.8) is 0 Å². The van der Waals surface area contributed by atoms with Gasteiger partial charge >= 0.3 is 0 Å². The average molecular weight is 338 g/mol. The van der Waals surface area contributed by atoms with Gasteiger partial charge in [-0.3, -0.25) is 0 Å². The van der Waals surface area contributed by atoms with E-state index in [1.807, 2.05) is 18.2 Å². The summed E-state index contributed by atoms with van der Waals surface area (Å²) in [6, 6.07) is 18.8. The molecule has 0 saturated heterocycles. The Morgan fingerprint density at radius 1 is 0.909 bits per heavy atom. The molecular weight excluding hydrogens is 314 g/mol. The van der Waals surface area contributed by atoms with E-state index in [4.69, 9.17) is 10.5 Å². The fraction of sp³-hybridized carbons (Fsp3) is 0.333. The minimum absolute atomic E-state index is 0. The Labute approximate surface area is 144 Å². The van der Waals surface area contributed by atoms with Crippen LogP contribution in [-0.4, -0.2) is 18.4 Å². The van der Waals surface area contributed by atoms with Crippen LogP contribution in [0.2, 0.25) is 0 Å². The molecule has 0 aliphatic rings. The summed E-state index contributed by atoms with van der Waals surface area (Å²) in [6.07, 6.45) is 3.13. The summed E-state index contributed by atoms with van der Waals surface area (Å²) in [6.45, 7) is 0.740. The van der Waals surface area contributed by atoms with Gasteiger partial charge < -0.3 is 10.5 Å². The van der Waals surface area contributed by atoms with Crippen molar-refractivity contribution in [3.05, 3.63) is 54.6 Å². The number of rotatable bonds is 8. The number of benzene rings is 2. The highest BCUT2D eigenvalue weighted by molar-refractivity contribution is 7.80. The van der Waals surface area contributed by atoms with Crippen LogP contribution >= 0.6 is 25.0 Å². The van der Waals surface area contributed by atoms with Gasteiger partial charge in [-0.2, -0.15) is 12.6 Å². The van der Waals surface area contributed by atoms with Crippen LogP contribution in [0.15, 0.2) is 54.6 Å². The van der Waals surface area contributed by atoms with E-state index in [1.54, 1.807) is 0 Å². The quantitative estimate of drug-likeness (QED) is 0.546. The number of hydrogen-bond donors (Lipinski definition) is 2. The molecule has 2 rings (SSSR count). The van der Waals surface area contributed by atoms with Crippen LogP contribution in [0, 0.1) is 0 Å².